The van der Waals surface area contributed by atoms with Crippen molar-refractivity contribution in [2.24, 2.45) is 4.99 Å². The summed E-state index contributed by atoms with van der Waals surface area (Å²) in [5.74, 6) is 1.66. The Bertz CT molecular complexity index is 640. The number of guanidine groups is 1. The third-order valence-electron chi connectivity index (χ3n) is 3.05. The first-order chi connectivity index (χ1) is 11.1. The van der Waals surface area contributed by atoms with Gasteiger partial charge in [0, 0.05) is 24.7 Å². The molecule has 0 fully saturated rings. The molecule has 2 N–H and O–H groups in total. The zero-order valence-electron chi connectivity index (χ0n) is 14.5. The molecule has 132 valence electrons. The summed E-state index contributed by atoms with van der Waals surface area (Å²) in [5.41, 5.74) is 1.18. The second-order valence-corrected chi connectivity index (χ2v) is 6.77. The van der Waals surface area contributed by atoms with Crippen LogP contribution in [0.5, 0.6) is 5.75 Å². The zero-order chi connectivity index (χ0) is 16.7. The standard InChI is InChI=1S/C17H24N4OS.HI/c1-12(2)22-15-7-5-14(6-8-15)10-20-17(18-4)21-11-16-19-9-13(3)23-16;/h5-9,12H,10-11H2,1-4H3,(H2,18,20,21);1H. The van der Waals surface area contributed by atoms with Crippen LogP contribution in [0.4, 0.5) is 0 Å². The number of hydrogen-bond donors (Lipinski definition) is 2. The van der Waals surface area contributed by atoms with Gasteiger partial charge >= 0.3 is 0 Å². The number of benzene rings is 1. The van der Waals surface area contributed by atoms with Gasteiger partial charge in [0.15, 0.2) is 5.96 Å². The van der Waals surface area contributed by atoms with E-state index in [0.29, 0.717) is 13.1 Å². The molecule has 1 aromatic carbocycles. The average molecular weight is 460 g/mol. The molecule has 0 bridgehead atoms. The monoisotopic (exact) mass is 460 g/mol. The Morgan fingerprint density at radius 1 is 1.21 bits per heavy atom. The molecule has 0 aliphatic heterocycles. The van der Waals surface area contributed by atoms with Gasteiger partial charge in [-0.25, -0.2) is 4.98 Å². The van der Waals surface area contributed by atoms with E-state index in [2.05, 4.69) is 39.7 Å². The number of nitrogens with zero attached hydrogens (tertiary/aromatic N) is 2. The van der Waals surface area contributed by atoms with Crippen LogP contribution in [0, 0.1) is 6.92 Å². The Morgan fingerprint density at radius 3 is 2.42 bits per heavy atom. The molecule has 0 spiro atoms. The minimum Gasteiger partial charge on any atom is -0.491 e. The van der Waals surface area contributed by atoms with Crippen molar-refractivity contribution in [2.45, 2.75) is 40.0 Å². The predicted molar refractivity (Wildman–Crippen MR) is 112 cm³/mol. The van der Waals surface area contributed by atoms with E-state index in [1.54, 1.807) is 18.4 Å². The fourth-order valence-electron chi connectivity index (χ4n) is 2.01. The second kappa shape index (κ2) is 10.5. The van der Waals surface area contributed by atoms with Gasteiger partial charge in [-0.2, -0.15) is 0 Å². The first kappa shape index (κ1) is 20.7. The van der Waals surface area contributed by atoms with Crippen LogP contribution >= 0.6 is 35.3 Å². The molecular weight excluding hydrogens is 435 g/mol. The lowest BCUT2D eigenvalue weighted by Crippen LogP contribution is -2.36. The summed E-state index contributed by atoms with van der Waals surface area (Å²) < 4.78 is 5.64. The van der Waals surface area contributed by atoms with Gasteiger partial charge in [0.2, 0.25) is 0 Å². The van der Waals surface area contributed by atoms with Crippen LogP contribution in [-0.4, -0.2) is 24.1 Å². The maximum atomic E-state index is 5.64. The molecule has 0 radical (unpaired) electrons. The molecule has 0 unspecified atom stereocenters. The highest BCUT2D eigenvalue weighted by Gasteiger charge is 2.02. The molecule has 0 aliphatic carbocycles. The van der Waals surface area contributed by atoms with E-state index >= 15 is 0 Å². The molecule has 2 rings (SSSR count). The third kappa shape index (κ3) is 7.04. The number of rotatable bonds is 6. The fourth-order valence-corrected chi connectivity index (χ4v) is 2.73. The van der Waals surface area contributed by atoms with E-state index in [9.17, 15) is 0 Å². The van der Waals surface area contributed by atoms with Gasteiger partial charge in [-0.3, -0.25) is 4.99 Å². The van der Waals surface area contributed by atoms with Crippen molar-refractivity contribution in [1.82, 2.24) is 15.6 Å². The van der Waals surface area contributed by atoms with E-state index in [1.807, 2.05) is 32.2 Å². The van der Waals surface area contributed by atoms with Crippen LogP contribution in [0.25, 0.3) is 0 Å². The predicted octanol–water partition coefficient (Wildman–Crippen LogP) is 3.72. The van der Waals surface area contributed by atoms with Crippen LogP contribution < -0.4 is 15.4 Å². The minimum atomic E-state index is 0. The lowest BCUT2D eigenvalue weighted by atomic mass is 10.2. The fraction of sp³-hybridized carbons (Fsp3) is 0.412. The molecule has 7 heteroatoms. The van der Waals surface area contributed by atoms with Gasteiger partial charge in [-0.1, -0.05) is 12.1 Å². The largest absolute Gasteiger partial charge is 0.491 e. The average Bonchev–Trinajstić information content (AvgIpc) is 2.94. The van der Waals surface area contributed by atoms with Gasteiger partial charge in [0.05, 0.1) is 12.6 Å². The zero-order valence-corrected chi connectivity index (χ0v) is 17.6. The van der Waals surface area contributed by atoms with Crippen molar-refractivity contribution in [3.05, 3.63) is 45.9 Å². The number of ether oxygens (including phenoxy) is 1. The summed E-state index contributed by atoms with van der Waals surface area (Å²) in [7, 11) is 1.77. The summed E-state index contributed by atoms with van der Waals surface area (Å²) in [6, 6.07) is 8.10. The normalized spacial score (nSPS) is 11.1. The number of aryl methyl sites for hydroxylation is 1. The molecule has 0 amide bonds. The van der Waals surface area contributed by atoms with Crippen LogP contribution in [0.2, 0.25) is 0 Å². The number of aliphatic imine (C=N–C) groups is 1. The Balaban J connectivity index is 0.00000288. The van der Waals surface area contributed by atoms with Crippen molar-refractivity contribution in [3.63, 3.8) is 0 Å². The Morgan fingerprint density at radius 2 is 1.88 bits per heavy atom. The van der Waals surface area contributed by atoms with Crippen molar-refractivity contribution >= 4 is 41.3 Å². The topological polar surface area (TPSA) is 58.5 Å². The lowest BCUT2D eigenvalue weighted by molar-refractivity contribution is 0.242. The first-order valence-electron chi connectivity index (χ1n) is 7.68. The number of hydrogen-bond acceptors (Lipinski definition) is 4. The Kier molecular flexibility index (Phi) is 9.05. The second-order valence-electron chi connectivity index (χ2n) is 5.45. The molecule has 0 saturated carbocycles. The van der Waals surface area contributed by atoms with Crippen molar-refractivity contribution in [3.8, 4) is 5.75 Å². The van der Waals surface area contributed by atoms with Crippen molar-refractivity contribution in [1.29, 1.82) is 0 Å². The highest BCUT2D eigenvalue weighted by molar-refractivity contribution is 14.0. The van der Waals surface area contributed by atoms with Crippen LogP contribution in [0.15, 0.2) is 35.5 Å². The van der Waals surface area contributed by atoms with E-state index in [0.717, 1.165) is 16.7 Å². The van der Waals surface area contributed by atoms with Gasteiger partial charge in [0.25, 0.3) is 0 Å². The van der Waals surface area contributed by atoms with Crippen molar-refractivity contribution in [2.75, 3.05) is 7.05 Å². The molecule has 5 nitrogen and oxygen atoms in total. The molecule has 0 saturated heterocycles. The minimum absolute atomic E-state index is 0. The van der Waals surface area contributed by atoms with Crippen molar-refractivity contribution < 1.29 is 4.74 Å². The highest BCUT2D eigenvalue weighted by atomic mass is 127. The quantitative estimate of drug-likeness (QED) is 0.392. The maximum Gasteiger partial charge on any atom is 0.191 e. The first-order valence-corrected chi connectivity index (χ1v) is 8.50. The summed E-state index contributed by atoms with van der Waals surface area (Å²) in [5, 5.41) is 7.62. The van der Waals surface area contributed by atoms with Gasteiger partial charge < -0.3 is 15.4 Å². The summed E-state index contributed by atoms with van der Waals surface area (Å²) >= 11 is 1.69. The molecule has 1 aromatic heterocycles. The molecule has 0 atom stereocenters. The number of halogens is 1. The molecular formula is C17H25IN4OS. The maximum absolute atomic E-state index is 5.64. The van der Waals surface area contributed by atoms with Gasteiger partial charge in [-0.05, 0) is 38.5 Å². The Labute approximate surface area is 165 Å². The summed E-state index contributed by atoms with van der Waals surface area (Å²) in [4.78, 5) is 9.78. The summed E-state index contributed by atoms with van der Waals surface area (Å²) in [6.45, 7) is 7.49. The molecule has 24 heavy (non-hydrogen) atoms. The molecule has 2 aromatic rings. The molecule has 1 heterocycles. The third-order valence-corrected chi connectivity index (χ3v) is 3.97. The van der Waals surface area contributed by atoms with Gasteiger partial charge in [0.1, 0.15) is 10.8 Å². The SMILES string of the molecule is CN=C(NCc1ccc(OC(C)C)cc1)NCc1ncc(C)s1.I. The van der Waals surface area contributed by atoms with E-state index in [-0.39, 0.29) is 30.1 Å². The smallest absolute Gasteiger partial charge is 0.191 e. The highest BCUT2D eigenvalue weighted by Crippen LogP contribution is 2.13. The van der Waals surface area contributed by atoms with Crippen LogP contribution in [-0.2, 0) is 13.1 Å². The number of aromatic nitrogens is 1. The van der Waals surface area contributed by atoms with Crippen LogP contribution in [0.1, 0.15) is 29.3 Å². The lowest BCUT2D eigenvalue weighted by Gasteiger charge is -2.12. The number of thiazole rings is 1. The van der Waals surface area contributed by atoms with Gasteiger partial charge in [-0.15, -0.1) is 35.3 Å². The van der Waals surface area contributed by atoms with E-state index < -0.39 is 0 Å². The van der Waals surface area contributed by atoms with E-state index in [4.69, 9.17) is 4.74 Å². The van der Waals surface area contributed by atoms with E-state index in [1.165, 1.54) is 10.4 Å². The van der Waals surface area contributed by atoms with Crippen LogP contribution in [0.3, 0.4) is 0 Å². The Hall–Kier alpha value is -1.35. The number of nitrogens with one attached hydrogen (secondary N) is 2. The summed E-state index contributed by atoms with van der Waals surface area (Å²) in [6.07, 6.45) is 2.08. The molecule has 0 aliphatic rings.